The normalized spacial score (nSPS) is 17.8. The van der Waals surface area contributed by atoms with Crippen LogP contribution in [0.2, 0.25) is 0 Å². The van der Waals surface area contributed by atoms with Gasteiger partial charge in [-0.2, -0.15) is 0 Å². The summed E-state index contributed by atoms with van der Waals surface area (Å²) in [6.45, 7) is 4.53. The first-order valence-electron chi connectivity index (χ1n) is 6.58. The zero-order valence-electron chi connectivity index (χ0n) is 10.6. The second-order valence-corrected chi connectivity index (χ2v) is 6.05. The number of piperidine rings is 1. The molecular formula is C13H18ClN3S. The maximum atomic E-state index is 6.10. The molecular weight excluding hydrogens is 266 g/mol. The zero-order valence-corrected chi connectivity index (χ0v) is 12.2. The van der Waals surface area contributed by atoms with E-state index in [4.69, 9.17) is 16.6 Å². The largest absolute Gasteiger partial charge is 0.355 e. The van der Waals surface area contributed by atoms with Crippen molar-refractivity contribution >= 4 is 33.7 Å². The molecule has 0 N–H and O–H groups in total. The Morgan fingerprint density at radius 1 is 1.44 bits per heavy atom. The summed E-state index contributed by atoms with van der Waals surface area (Å²) < 4.78 is 2.12. The van der Waals surface area contributed by atoms with E-state index >= 15 is 0 Å². The van der Waals surface area contributed by atoms with Gasteiger partial charge in [-0.15, -0.1) is 22.9 Å². The molecule has 1 aliphatic rings. The highest BCUT2D eigenvalue weighted by Gasteiger charge is 2.23. The van der Waals surface area contributed by atoms with E-state index in [2.05, 4.69) is 27.8 Å². The molecule has 5 heteroatoms. The van der Waals surface area contributed by atoms with Gasteiger partial charge in [-0.3, -0.25) is 4.40 Å². The summed E-state index contributed by atoms with van der Waals surface area (Å²) in [5.74, 6) is 2.52. The third-order valence-electron chi connectivity index (χ3n) is 3.96. The number of thiazole rings is 1. The molecule has 0 spiro atoms. The molecule has 1 fully saturated rings. The lowest BCUT2D eigenvalue weighted by atomic mass is 9.94. The minimum atomic E-state index is 0.529. The van der Waals surface area contributed by atoms with Gasteiger partial charge in [-0.05, 0) is 18.8 Å². The van der Waals surface area contributed by atoms with Crippen molar-refractivity contribution in [1.29, 1.82) is 0 Å². The Hall–Kier alpha value is -0.740. The van der Waals surface area contributed by atoms with Crippen LogP contribution in [0.4, 0.5) is 5.82 Å². The SMILES string of the molecule is CCC1CCN(c2nc3sccn3c2CCl)CC1. The van der Waals surface area contributed by atoms with E-state index in [-0.39, 0.29) is 0 Å². The van der Waals surface area contributed by atoms with E-state index in [1.165, 1.54) is 19.3 Å². The Balaban J connectivity index is 1.87. The van der Waals surface area contributed by atoms with E-state index < -0.39 is 0 Å². The van der Waals surface area contributed by atoms with Gasteiger partial charge in [-0.1, -0.05) is 13.3 Å². The summed E-state index contributed by atoms with van der Waals surface area (Å²) in [5.41, 5.74) is 1.14. The van der Waals surface area contributed by atoms with Gasteiger partial charge in [0.2, 0.25) is 0 Å². The van der Waals surface area contributed by atoms with Crippen molar-refractivity contribution in [3.05, 3.63) is 17.3 Å². The Labute approximate surface area is 116 Å². The van der Waals surface area contributed by atoms with Crippen molar-refractivity contribution < 1.29 is 0 Å². The van der Waals surface area contributed by atoms with E-state index in [0.717, 1.165) is 35.5 Å². The molecule has 2 aromatic heterocycles. The van der Waals surface area contributed by atoms with Crippen LogP contribution in [-0.2, 0) is 5.88 Å². The first-order chi connectivity index (χ1) is 8.83. The molecule has 0 aromatic carbocycles. The van der Waals surface area contributed by atoms with Crippen LogP contribution in [0.3, 0.4) is 0 Å². The minimum Gasteiger partial charge on any atom is -0.355 e. The number of hydrogen-bond donors (Lipinski definition) is 0. The number of hydrogen-bond acceptors (Lipinski definition) is 3. The zero-order chi connectivity index (χ0) is 12.5. The molecule has 1 saturated heterocycles. The fourth-order valence-electron chi connectivity index (χ4n) is 2.75. The van der Waals surface area contributed by atoms with Crippen molar-refractivity contribution in [1.82, 2.24) is 9.38 Å². The number of imidazole rings is 1. The highest BCUT2D eigenvalue weighted by Crippen LogP contribution is 2.30. The summed E-state index contributed by atoms with van der Waals surface area (Å²) in [7, 11) is 0. The van der Waals surface area contributed by atoms with Crippen molar-refractivity contribution in [3.8, 4) is 0 Å². The van der Waals surface area contributed by atoms with Gasteiger partial charge in [0.15, 0.2) is 10.8 Å². The molecule has 18 heavy (non-hydrogen) atoms. The molecule has 2 aromatic rings. The fourth-order valence-corrected chi connectivity index (χ4v) is 3.73. The monoisotopic (exact) mass is 283 g/mol. The smallest absolute Gasteiger partial charge is 0.195 e. The number of nitrogens with zero attached hydrogens (tertiary/aromatic N) is 3. The second kappa shape index (κ2) is 5.10. The van der Waals surface area contributed by atoms with Gasteiger partial charge in [0, 0.05) is 24.7 Å². The molecule has 0 saturated carbocycles. The number of rotatable bonds is 3. The van der Waals surface area contributed by atoms with Crippen molar-refractivity contribution in [3.63, 3.8) is 0 Å². The van der Waals surface area contributed by atoms with Gasteiger partial charge in [-0.25, -0.2) is 4.98 Å². The van der Waals surface area contributed by atoms with E-state index in [1.807, 2.05) is 0 Å². The lowest BCUT2D eigenvalue weighted by molar-refractivity contribution is 0.393. The fraction of sp³-hybridized carbons (Fsp3) is 0.615. The lowest BCUT2D eigenvalue weighted by Crippen LogP contribution is -2.34. The van der Waals surface area contributed by atoms with Crippen molar-refractivity contribution in [2.75, 3.05) is 18.0 Å². The molecule has 0 unspecified atom stereocenters. The van der Waals surface area contributed by atoms with Crippen LogP contribution in [0, 0.1) is 5.92 Å². The standard InChI is InChI=1S/C13H18ClN3S/c1-2-10-3-5-16(6-4-10)12-11(9-14)17-7-8-18-13(17)15-12/h7-8,10H,2-6,9H2,1H3. The highest BCUT2D eigenvalue weighted by atomic mass is 35.5. The van der Waals surface area contributed by atoms with E-state index in [1.54, 1.807) is 11.3 Å². The van der Waals surface area contributed by atoms with Gasteiger partial charge >= 0.3 is 0 Å². The molecule has 0 atom stereocenters. The summed E-state index contributed by atoms with van der Waals surface area (Å²) in [5, 5.41) is 2.06. The molecule has 3 rings (SSSR count). The summed E-state index contributed by atoms with van der Waals surface area (Å²) in [6.07, 6.45) is 5.92. The quantitative estimate of drug-likeness (QED) is 0.800. The highest BCUT2D eigenvalue weighted by molar-refractivity contribution is 7.15. The first kappa shape index (κ1) is 12.3. The van der Waals surface area contributed by atoms with Gasteiger partial charge < -0.3 is 4.90 Å². The molecule has 1 aliphatic heterocycles. The first-order valence-corrected chi connectivity index (χ1v) is 8.00. The number of aromatic nitrogens is 2. The Morgan fingerprint density at radius 3 is 2.89 bits per heavy atom. The summed E-state index contributed by atoms with van der Waals surface area (Å²) >= 11 is 7.77. The molecule has 3 nitrogen and oxygen atoms in total. The second-order valence-electron chi connectivity index (χ2n) is 4.91. The summed E-state index contributed by atoms with van der Waals surface area (Å²) in [4.78, 5) is 8.20. The van der Waals surface area contributed by atoms with E-state index in [9.17, 15) is 0 Å². The predicted molar refractivity (Wildman–Crippen MR) is 77.9 cm³/mol. The van der Waals surface area contributed by atoms with Crippen LogP contribution in [0.25, 0.3) is 4.96 Å². The average Bonchev–Trinajstić information content (AvgIpc) is 2.98. The summed E-state index contributed by atoms with van der Waals surface area (Å²) in [6, 6.07) is 0. The van der Waals surface area contributed by atoms with Gasteiger partial charge in [0.25, 0.3) is 0 Å². The van der Waals surface area contributed by atoms with Crippen LogP contribution in [0.15, 0.2) is 11.6 Å². The third kappa shape index (κ3) is 2.01. The van der Waals surface area contributed by atoms with Gasteiger partial charge in [0.05, 0.1) is 11.6 Å². The van der Waals surface area contributed by atoms with Crippen LogP contribution in [-0.4, -0.2) is 22.5 Å². The average molecular weight is 284 g/mol. The molecule has 0 amide bonds. The number of alkyl halides is 1. The molecule has 0 radical (unpaired) electrons. The molecule has 0 aliphatic carbocycles. The minimum absolute atomic E-state index is 0.529. The third-order valence-corrected chi connectivity index (χ3v) is 4.97. The van der Waals surface area contributed by atoms with E-state index in [0.29, 0.717) is 5.88 Å². The van der Waals surface area contributed by atoms with Crippen LogP contribution in [0.5, 0.6) is 0 Å². The van der Waals surface area contributed by atoms with Crippen molar-refractivity contribution in [2.45, 2.75) is 32.1 Å². The molecule has 0 bridgehead atoms. The van der Waals surface area contributed by atoms with Gasteiger partial charge in [0.1, 0.15) is 0 Å². The topological polar surface area (TPSA) is 20.5 Å². The van der Waals surface area contributed by atoms with Crippen LogP contribution < -0.4 is 4.90 Å². The maximum absolute atomic E-state index is 6.10. The lowest BCUT2D eigenvalue weighted by Gasteiger charge is -2.32. The molecule has 98 valence electrons. The van der Waals surface area contributed by atoms with Crippen molar-refractivity contribution in [2.24, 2.45) is 5.92 Å². The predicted octanol–water partition coefficient (Wildman–Crippen LogP) is 3.76. The maximum Gasteiger partial charge on any atom is 0.195 e. The molecule has 3 heterocycles. The Kier molecular flexibility index (Phi) is 3.48. The Morgan fingerprint density at radius 2 is 2.22 bits per heavy atom. The van der Waals surface area contributed by atoms with Crippen LogP contribution >= 0.6 is 22.9 Å². The number of halogens is 1. The number of anilines is 1. The Bertz CT molecular complexity index is 525. The van der Waals surface area contributed by atoms with Crippen LogP contribution in [0.1, 0.15) is 31.9 Å². The number of fused-ring (bicyclic) bond motifs is 1.